The number of hydrogen-bond acceptors (Lipinski definition) is 4. The van der Waals surface area contributed by atoms with Crippen LogP contribution in [-0.2, 0) is 10.1 Å². The van der Waals surface area contributed by atoms with E-state index in [1.54, 1.807) is 0 Å². The van der Waals surface area contributed by atoms with Gasteiger partial charge in [0.05, 0.1) is 5.75 Å². The van der Waals surface area contributed by atoms with Crippen LogP contribution in [0.15, 0.2) is 0 Å². The molecule has 0 atom stereocenters. The molecule has 0 aromatic rings. The van der Waals surface area contributed by atoms with Gasteiger partial charge in [-0.15, -0.1) is 0 Å². The highest BCUT2D eigenvalue weighted by atomic mass is 32.2. The third-order valence-electron chi connectivity index (χ3n) is 2.91. The Balaban J connectivity index is 2.20. The highest BCUT2D eigenvalue weighted by Crippen LogP contribution is 2.19. The molecule has 1 aliphatic heterocycles. The predicted molar refractivity (Wildman–Crippen MR) is 57.3 cm³/mol. The van der Waals surface area contributed by atoms with E-state index < -0.39 is 10.1 Å². The number of aliphatic hydroxyl groups is 1. The van der Waals surface area contributed by atoms with Crippen molar-refractivity contribution >= 4 is 10.1 Å². The molecule has 5 nitrogen and oxygen atoms in total. The molecule has 1 aliphatic rings. The highest BCUT2D eigenvalue weighted by Gasteiger charge is 2.19. The van der Waals surface area contributed by atoms with Crippen LogP contribution in [0.2, 0.25) is 0 Å². The summed E-state index contributed by atoms with van der Waals surface area (Å²) in [6.07, 6.45) is 2.85. The SMILES string of the molecule is O=S(=O)(O)CCN1CCC(CCO)CC1. The monoisotopic (exact) mass is 237 g/mol. The molecular weight excluding hydrogens is 218 g/mol. The van der Waals surface area contributed by atoms with Crippen molar-refractivity contribution in [2.75, 3.05) is 32.0 Å². The van der Waals surface area contributed by atoms with E-state index in [1.165, 1.54) is 0 Å². The first-order chi connectivity index (χ1) is 7.01. The van der Waals surface area contributed by atoms with Crippen LogP contribution in [0.5, 0.6) is 0 Å². The molecule has 1 fully saturated rings. The molecule has 0 radical (unpaired) electrons. The highest BCUT2D eigenvalue weighted by molar-refractivity contribution is 7.85. The van der Waals surface area contributed by atoms with E-state index in [0.29, 0.717) is 12.5 Å². The minimum absolute atomic E-state index is 0.183. The van der Waals surface area contributed by atoms with Crippen LogP contribution in [0.25, 0.3) is 0 Å². The molecule has 2 N–H and O–H groups in total. The Hall–Kier alpha value is -0.170. The minimum atomic E-state index is -3.83. The zero-order valence-corrected chi connectivity index (χ0v) is 9.62. The van der Waals surface area contributed by atoms with Gasteiger partial charge in [0.1, 0.15) is 0 Å². The summed E-state index contributed by atoms with van der Waals surface area (Å²) in [5.74, 6) is 0.384. The van der Waals surface area contributed by atoms with Crippen LogP contribution in [0.3, 0.4) is 0 Å². The van der Waals surface area contributed by atoms with Gasteiger partial charge < -0.3 is 10.0 Å². The Morgan fingerprint density at radius 3 is 2.33 bits per heavy atom. The summed E-state index contributed by atoms with van der Waals surface area (Å²) < 4.78 is 29.7. The van der Waals surface area contributed by atoms with E-state index in [-0.39, 0.29) is 12.4 Å². The minimum Gasteiger partial charge on any atom is -0.396 e. The zero-order valence-electron chi connectivity index (χ0n) is 8.80. The molecule has 0 aliphatic carbocycles. The Labute approximate surface area is 90.8 Å². The van der Waals surface area contributed by atoms with Gasteiger partial charge in [0, 0.05) is 13.2 Å². The van der Waals surface area contributed by atoms with Crippen LogP contribution in [-0.4, -0.2) is 55.0 Å². The van der Waals surface area contributed by atoms with E-state index in [2.05, 4.69) is 0 Å². The topological polar surface area (TPSA) is 77.8 Å². The van der Waals surface area contributed by atoms with E-state index in [0.717, 1.165) is 32.4 Å². The maximum absolute atomic E-state index is 10.5. The summed E-state index contributed by atoms with van der Waals surface area (Å²) in [5, 5.41) is 8.77. The summed E-state index contributed by atoms with van der Waals surface area (Å²) in [5.41, 5.74) is 0. The first-order valence-electron chi connectivity index (χ1n) is 5.29. The van der Waals surface area contributed by atoms with Gasteiger partial charge in [0.25, 0.3) is 10.1 Å². The van der Waals surface area contributed by atoms with Gasteiger partial charge in [-0.1, -0.05) is 0 Å². The molecule has 15 heavy (non-hydrogen) atoms. The van der Waals surface area contributed by atoms with Crippen molar-refractivity contribution in [1.82, 2.24) is 4.90 Å². The maximum atomic E-state index is 10.5. The number of piperidine rings is 1. The van der Waals surface area contributed by atoms with Crippen molar-refractivity contribution in [3.8, 4) is 0 Å². The second-order valence-corrected chi connectivity index (χ2v) is 5.66. The van der Waals surface area contributed by atoms with Crippen molar-refractivity contribution in [1.29, 1.82) is 0 Å². The largest absolute Gasteiger partial charge is 0.396 e. The molecule has 0 bridgehead atoms. The molecule has 1 saturated heterocycles. The molecule has 1 rings (SSSR count). The smallest absolute Gasteiger partial charge is 0.266 e. The van der Waals surface area contributed by atoms with Gasteiger partial charge in [0.15, 0.2) is 0 Å². The molecule has 0 unspecified atom stereocenters. The first kappa shape index (κ1) is 12.9. The fourth-order valence-corrected chi connectivity index (χ4v) is 2.41. The molecule has 90 valence electrons. The third-order valence-corrected chi connectivity index (χ3v) is 3.61. The van der Waals surface area contributed by atoms with Crippen LogP contribution >= 0.6 is 0 Å². The standard InChI is InChI=1S/C9H19NO4S/c11-7-3-9-1-4-10(5-2-9)6-8-15(12,13)14/h9,11H,1-8H2,(H,12,13,14). The Morgan fingerprint density at radius 2 is 1.87 bits per heavy atom. The molecule has 1 heterocycles. The van der Waals surface area contributed by atoms with Gasteiger partial charge in [0.2, 0.25) is 0 Å². The van der Waals surface area contributed by atoms with Crippen molar-refractivity contribution in [3.05, 3.63) is 0 Å². The zero-order chi connectivity index (χ0) is 11.3. The summed E-state index contributed by atoms with van der Waals surface area (Å²) in [6, 6.07) is 0. The van der Waals surface area contributed by atoms with Gasteiger partial charge in [-0.3, -0.25) is 4.55 Å². The fourth-order valence-electron chi connectivity index (χ4n) is 1.93. The van der Waals surface area contributed by atoms with Crippen LogP contribution in [0.1, 0.15) is 19.3 Å². The lowest BCUT2D eigenvalue weighted by atomic mass is 9.94. The van der Waals surface area contributed by atoms with Gasteiger partial charge >= 0.3 is 0 Å². The molecule has 0 aromatic carbocycles. The quantitative estimate of drug-likeness (QED) is 0.656. The second kappa shape index (κ2) is 5.79. The summed E-state index contributed by atoms with van der Waals surface area (Å²) in [4.78, 5) is 2.04. The van der Waals surface area contributed by atoms with E-state index in [9.17, 15) is 8.42 Å². The van der Waals surface area contributed by atoms with Crippen LogP contribution in [0, 0.1) is 5.92 Å². The van der Waals surface area contributed by atoms with Gasteiger partial charge in [-0.2, -0.15) is 8.42 Å². The number of aliphatic hydroxyl groups excluding tert-OH is 1. The molecule has 0 saturated carbocycles. The van der Waals surface area contributed by atoms with Crippen molar-refractivity contribution < 1.29 is 18.1 Å². The lowest BCUT2D eigenvalue weighted by Gasteiger charge is -2.31. The number of nitrogens with zero attached hydrogens (tertiary/aromatic N) is 1. The summed E-state index contributed by atoms with van der Waals surface area (Å²) in [6.45, 7) is 2.36. The fraction of sp³-hybridized carbons (Fsp3) is 1.00. The van der Waals surface area contributed by atoms with Crippen molar-refractivity contribution in [2.24, 2.45) is 5.92 Å². The summed E-state index contributed by atoms with van der Waals surface area (Å²) >= 11 is 0. The molecular formula is C9H19NO4S. The molecule has 6 heteroatoms. The Bertz CT molecular complexity index is 270. The maximum Gasteiger partial charge on any atom is 0.266 e. The average Bonchev–Trinajstić information content (AvgIpc) is 2.16. The van der Waals surface area contributed by atoms with E-state index in [4.69, 9.17) is 9.66 Å². The Morgan fingerprint density at radius 1 is 1.27 bits per heavy atom. The molecule has 0 amide bonds. The van der Waals surface area contributed by atoms with Crippen LogP contribution in [0.4, 0.5) is 0 Å². The number of rotatable bonds is 5. The van der Waals surface area contributed by atoms with Crippen molar-refractivity contribution in [3.63, 3.8) is 0 Å². The normalized spacial score (nSPS) is 20.7. The third kappa shape index (κ3) is 5.46. The first-order valence-corrected chi connectivity index (χ1v) is 6.90. The van der Waals surface area contributed by atoms with Gasteiger partial charge in [-0.25, -0.2) is 0 Å². The Kier molecular flexibility index (Phi) is 4.98. The predicted octanol–water partition coefficient (Wildman–Crippen LogP) is -0.0314. The molecule has 0 spiro atoms. The van der Waals surface area contributed by atoms with Crippen LogP contribution < -0.4 is 0 Å². The lowest BCUT2D eigenvalue weighted by molar-refractivity contribution is 0.164. The van der Waals surface area contributed by atoms with E-state index in [1.807, 2.05) is 4.90 Å². The van der Waals surface area contributed by atoms with Gasteiger partial charge in [-0.05, 0) is 38.3 Å². The average molecular weight is 237 g/mol. The number of likely N-dealkylation sites (tertiary alicyclic amines) is 1. The number of hydrogen-bond donors (Lipinski definition) is 2. The van der Waals surface area contributed by atoms with E-state index >= 15 is 0 Å². The molecule has 0 aromatic heterocycles. The summed E-state index contributed by atoms with van der Waals surface area (Å²) in [7, 11) is -3.83. The second-order valence-electron chi connectivity index (χ2n) is 4.08. The lowest BCUT2D eigenvalue weighted by Crippen LogP contribution is -2.37. The van der Waals surface area contributed by atoms with Crippen molar-refractivity contribution in [2.45, 2.75) is 19.3 Å².